The van der Waals surface area contributed by atoms with Crippen LogP contribution in [0.15, 0.2) is 22.7 Å². The van der Waals surface area contributed by atoms with E-state index in [4.69, 9.17) is 5.26 Å². The second-order valence-corrected chi connectivity index (χ2v) is 4.17. The summed E-state index contributed by atoms with van der Waals surface area (Å²) >= 11 is 3.22. The maximum atomic E-state index is 13.1. The van der Waals surface area contributed by atoms with E-state index in [1.165, 1.54) is 10.7 Å². The Kier molecular flexibility index (Phi) is 2.94. The number of hydrogen-bond donors (Lipinski definition) is 0. The highest BCUT2D eigenvalue weighted by atomic mass is 79.9. The molecule has 17 heavy (non-hydrogen) atoms. The molecule has 0 atom stereocenters. The lowest BCUT2D eigenvalue weighted by molar-refractivity contribution is 0.509. The highest BCUT2D eigenvalue weighted by Crippen LogP contribution is 2.31. The summed E-state index contributed by atoms with van der Waals surface area (Å²) in [5, 5.41) is 12.8. The van der Waals surface area contributed by atoms with Crippen LogP contribution in [-0.2, 0) is 7.05 Å². The van der Waals surface area contributed by atoms with Crippen molar-refractivity contribution in [2.75, 3.05) is 0 Å². The number of rotatable bonds is 1. The summed E-state index contributed by atoms with van der Waals surface area (Å²) in [7, 11) is 1.63. The maximum Gasteiger partial charge on any atom is 0.177 e. The van der Waals surface area contributed by atoms with Crippen LogP contribution in [0, 0.1) is 23.0 Å². The largest absolute Gasteiger partial charge is 0.265 e. The fourth-order valence-electron chi connectivity index (χ4n) is 1.53. The van der Waals surface area contributed by atoms with Gasteiger partial charge in [0.05, 0.1) is 10.2 Å². The molecule has 0 saturated carbocycles. The molecule has 1 aromatic carbocycles. The highest BCUT2D eigenvalue weighted by Gasteiger charge is 2.16. The van der Waals surface area contributed by atoms with E-state index in [-0.39, 0.29) is 5.69 Å². The Labute approximate surface area is 104 Å². The van der Waals surface area contributed by atoms with E-state index in [0.29, 0.717) is 15.7 Å². The first-order valence-corrected chi connectivity index (χ1v) is 5.42. The van der Waals surface area contributed by atoms with Gasteiger partial charge in [-0.15, -0.1) is 0 Å². The predicted molar refractivity (Wildman–Crippen MR) is 61.0 cm³/mol. The summed E-state index contributed by atoms with van der Waals surface area (Å²) in [5.41, 5.74) is 1.18. The van der Waals surface area contributed by atoms with Crippen LogP contribution >= 0.6 is 15.9 Å². The van der Waals surface area contributed by atoms with E-state index in [2.05, 4.69) is 21.0 Å². The number of nitrogens with zero attached hydrogens (tertiary/aromatic N) is 3. The molecule has 0 amide bonds. The van der Waals surface area contributed by atoms with Crippen molar-refractivity contribution in [1.29, 1.82) is 5.26 Å². The molecule has 1 aromatic heterocycles. The van der Waals surface area contributed by atoms with Gasteiger partial charge in [-0.2, -0.15) is 10.4 Å². The van der Waals surface area contributed by atoms with Gasteiger partial charge in [0, 0.05) is 12.6 Å². The third kappa shape index (κ3) is 1.94. The first kappa shape index (κ1) is 11.7. The van der Waals surface area contributed by atoms with Crippen molar-refractivity contribution < 1.29 is 8.78 Å². The molecule has 0 N–H and O–H groups in total. The minimum Gasteiger partial charge on any atom is -0.265 e. The average Bonchev–Trinajstić information content (AvgIpc) is 2.58. The summed E-state index contributed by atoms with van der Waals surface area (Å²) in [6.07, 6.45) is 0. The standard InChI is InChI=1S/C11H6BrF2N3/c1-17-11(10(12)9(5-15)16-17)6-2-3-7(13)8(14)4-6/h2-4H,1H3. The van der Waals surface area contributed by atoms with Gasteiger partial charge in [-0.25, -0.2) is 8.78 Å². The molecule has 0 radical (unpaired) electrons. The average molecular weight is 298 g/mol. The fourth-order valence-corrected chi connectivity index (χ4v) is 2.18. The van der Waals surface area contributed by atoms with Crippen molar-refractivity contribution in [1.82, 2.24) is 9.78 Å². The van der Waals surface area contributed by atoms with Crippen LogP contribution in [0.3, 0.4) is 0 Å². The summed E-state index contributed by atoms with van der Waals surface area (Å²) in [6.45, 7) is 0. The molecule has 2 aromatic rings. The lowest BCUT2D eigenvalue weighted by Gasteiger charge is -2.03. The second kappa shape index (κ2) is 4.26. The predicted octanol–water partition coefficient (Wildman–Crippen LogP) is 3.00. The smallest absolute Gasteiger partial charge is 0.177 e. The Morgan fingerprint density at radius 3 is 2.59 bits per heavy atom. The lowest BCUT2D eigenvalue weighted by Crippen LogP contribution is -1.95. The molecule has 0 bridgehead atoms. The monoisotopic (exact) mass is 297 g/mol. The van der Waals surface area contributed by atoms with E-state index in [0.717, 1.165) is 12.1 Å². The number of aromatic nitrogens is 2. The fraction of sp³-hybridized carbons (Fsp3) is 0.0909. The van der Waals surface area contributed by atoms with Crippen molar-refractivity contribution in [3.05, 3.63) is 40.0 Å². The molecule has 3 nitrogen and oxygen atoms in total. The van der Waals surface area contributed by atoms with Crippen molar-refractivity contribution in [3.63, 3.8) is 0 Å². The molecule has 0 spiro atoms. The summed E-state index contributed by atoms with van der Waals surface area (Å²) in [5.74, 6) is -1.85. The minimum absolute atomic E-state index is 0.201. The van der Waals surface area contributed by atoms with E-state index >= 15 is 0 Å². The molecule has 0 saturated heterocycles. The number of halogens is 3. The van der Waals surface area contributed by atoms with E-state index in [1.807, 2.05) is 6.07 Å². The quantitative estimate of drug-likeness (QED) is 0.812. The molecule has 1 heterocycles. The Morgan fingerprint density at radius 1 is 1.35 bits per heavy atom. The van der Waals surface area contributed by atoms with Crippen LogP contribution in [0.4, 0.5) is 8.78 Å². The minimum atomic E-state index is -0.936. The Balaban J connectivity index is 2.65. The molecule has 0 aliphatic carbocycles. The van der Waals surface area contributed by atoms with Gasteiger partial charge in [0.2, 0.25) is 0 Å². The maximum absolute atomic E-state index is 13.1. The van der Waals surface area contributed by atoms with Gasteiger partial charge in [-0.05, 0) is 34.1 Å². The van der Waals surface area contributed by atoms with Crippen LogP contribution in [0.1, 0.15) is 5.69 Å². The normalized spacial score (nSPS) is 10.3. The molecule has 6 heteroatoms. The molecular formula is C11H6BrF2N3. The highest BCUT2D eigenvalue weighted by molar-refractivity contribution is 9.10. The first-order valence-electron chi connectivity index (χ1n) is 4.62. The Bertz CT molecular complexity index is 628. The number of hydrogen-bond acceptors (Lipinski definition) is 2. The molecular weight excluding hydrogens is 292 g/mol. The van der Waals surface area contributed by atoms with Gasteiger partial charge in [0.15, 0.2) is 17.3 Å². The van der Waals surface area contributed by atoms with Crippen LogP contribution in [0.2, 0.25) is 0 Å². The lowest BCUT2D eigenvalue weighted by atomic mass is 10.1. The molecule has 0 unspecified atom stereocenters. The van der Waals surface area contributed by atoms with Gasteiger partial charge in [0.25, 0.3) is 0 Å². The van der Waals surface area contributed by atoms with Crippen LogP contribution in [-0.4, -0.2) is 9.78 Å². The zero-order valence-corrected chi connectivity index (χ0v) is 10.3. The SMILES string of the molecule is Cn1nc(C#N)c(Br)c1-c1ccc(F)c(F)c1. The third-order valence-electron chi connectivity index (χ3n) is 2.29. The zero-order chi connectivity index (χ0) is 12.6. The number of aryl methyl sites for hydroxylation is 1. The van der Waals surface area contributed by atoms with Crippen molar-refractivity contribution >= 4 is 15.9 Å². The summed E-state index contributed by atoms with van der Waals surface area (Å²) < 4.78 is 27.9. The molecule has 0 fully saturated rings. The summed E-state index contributed by atoms with van der Waals surface area (Å²) in [6, 6.07) is 5.44. The first-order chi connectivity index (χ1) is 8.04. The van der Waals surface area contributed by atoms with Gasteiger partial charge in [-0.3, -0.25) is 4.68 Å². The molecule has 0 aliphatic heterocycles. The van der Waals surface area contributed by atoms with Gasteiger partial charge < -0.3 is 0 Å². The summed E-state index contributed by atoms with van der Waals surface area (Å²) in [4.78, 5) is 0. The second-order valence-electron chi connectivity index (χ2n) is 3.38. The van der Waals surface area contributed by atoms with E-state index in [9.17, 15) is 8.78 Å². The molecule has 2 rings (SSSR count). The number of nitriles is 1. The molecule has 0 aliphatic rings. The van der Waals surface area contributed by atoms with E-state index in [1.54, 1.807) is 7.05 Å². The number of benzene rings is 1. The van der Waals surface area contributed by atoms with Crippen molar-refractivity contribution in [2.24, 2.45) is 7.05 Å². The van der Waals surface area contributed by atoms with E-state index < -0.39 is 11.6 Å². The topological polar surface area (TPSA) is 41.6 Å². The van der Waals surface area contributed by atoms with Gasteiger partial charge in [-0.1, -0.05) is 0 Å². The third-order valence-corrected chi connectivity index (χ3v) is 3.04. The van der Waals surface area contributed by atoms with Gasteiger partial charge in [0.1, 0.15) is 6.07 Å². The van der Waals surface area contributed by atoms with Crippen LogP contribution in [0.5, 0.6) is 0 Å². The van der Waals surface area contributed by atoms with Crippen LogP contribution < -0.4 is 0 Å². The Morgan fingerprint density at radius 2 is 2.06 bits per heavy atom. The van der Waals surface area contributed by atoms with Gasteiger partial charge >= 0.3 is 0 Å². The van der Waals surface area contributed by atoms with Crippen molar-refractivity contribution in [2.45, 2.75) is 0 Å². The molecule has 86 valence electrons. The Hall–Kier alpha value is -1.74. The van der Waals surface area contributed by atoms with Crippen LogP contribution in [0.25, 0.3) is 11.3 Å². The zero-order valence-electron chi connectivity index (χ0n) is 8.71. The van der Waals surface area contributed by atoms with Crippen molar-refractivity contribution in [3.8, 4) is 17.3 Å².